The van der Waals surface area contributed by atoms with Crippen molar-refractivity contribution in [3.05, 3.63) is 76.6 Å². The van der Waals surface area contributed by atoms with Crippen LogP contribution in [0.25, 0.3) is 22.3 Å². The Hall–Kier alpha value is -2.96. The number of rotatable bonds is 3. The van der Waals surface area contributed by atoms with Crippen LogP contribution in [0.15, 0.2) is 42.5 Å². The van der Waals surface area contributed by atoms with Crippen molar-refractivity contribution in [2.24, 2.45) is 0 Å². The average Bonchev–Trinajstić information content (AvgIpc) is 3.01. The van der Waals surface area contributed by atoms with Gasteiger partial charge in [0.15, 0.2) is 11.6 Å². The highest BCUT2D eigenvalue weighted by atomic mass is 19.4. The molecule has 0 heterocycles. The number of hydrogen-bond donors (Lipinski definition) is 0. The van der Waals surface area contributed by atoms with Crippen molar-refractivity contribution in [1.82, 2.24) is 0 Å². The van der Waals surface area contributed by atoms with Gasteiger partial charge in [-0.25, -0.2) is 13.2 Å². The molecule has 0 aliphatic heterocycles. The molecule has 1 nitrogen and oxygen atoms in total. The van der Waals surface area contributed by atoms with Gasteiger partial charge in [0, 0.05) is 12.0 Å². The monoisotopic (exact) mass is 408 g/mol. The van der Waals surface area contributed by atoms with Gasteiger partial charge in [0.1, 0.15) is 11.6 Å². The summed E-state index contributed by atoms with van der Waals surface area (Å²) in [6.07, 6.45) is -4.01. The Labute approximate surface area is 162 Å². The molecule has 0 bridgehead atoms. The van der Waals surface area contributed by atoms with E-state index in [1.807, 2.05) is 25.1 Å². The summed E-state index contributed by atoms with van der Waals surface area (Å²) in [5.41, 5.74) is 2.70. The predicted octanol–water partition coefficient (Wildman–Crippen LogP) is 6.80. The van der Waals surface area contributed by atoms with Gasteiger partial charge in [-0.3, -0.25) is 0 Å². The van der Waals surface area contributed by atoms with Crippen LogP contribution in [0.2, 0.25) is 0 Å². The van der Waals surface area contributed by atoms with E-state index < -0.39 is 35.1 Å². The van der Waals surface area contributed by atoms with E-state index in [2.05, 4.69) is 4.74 Å². The van der Waals surface area contributed by atoms with Crippen molar-refractivity contribution < 1.29 is 31.1 Å². The average molecular weight is 408 g/mol. The van der Waals surface area contributed by atoms with Crippen LogP contribution in [-0.2, 0) is 12.8 Å². The number of fused-ring (bicyclic) bond motifs is 3. The van der Waals surface area contributed by atoms with Crippen molar-refractivity contribution in [2.45, 2.75) is 26.1 Å². The Balaban J connectivity index is 1.78. The van der Waals surface area contributed by atoms with Gasteiger partial charge in [-0.1, -0.05) is 31.2 Å². The molecule has 0 N–H and O–H groups in total. The molecule has 0 unspecified atom stereocenters. The maximum Gasteiger partial charge on any atom is 0.573 e. The zero-order valence-corrected chi connectivity index (χ0v) is 15.1. The third-order valence-corrected chi connectivity index (χ3v) is 5.00. The first-order chi connectivity index (χ1) is 13.7. The molecule has 0 atom stereocenters. The number of aryl methyl sites for hydroxylation is 1. The van der Waals surface area contributed by atoms with Gasteiger partial charge in [-0.2, -0.15) is 0 Å². The largest absolute Gasteiger partial charge is 0.573 e. The van der Waals surface area contributed by atoms with Crippen LogP contribution >= 0.6 is 0 Å². The molecular weight excluding hydrogens is 394 g/mol. The highest BCUT2D eigenvalue weighted by Crippen LogP contribution is 2.43. The SMILES string of the molecule is CCc1ccc2c(c1)Cc1c-2cc(F)c(-c2ccc(OC(F)(F)F)c(F)c2)c1F. The fourth-order valence-corrected chi connectivity index (χ4v) is 3.67. The maximum absolute atomic E-state index is 15.2. The lowest BCUT2D eigenvalue weighted by Gasteiger charge is -2.13. The number of benzene rings is 3. The lowest BCUT2D eigenvalue weighted by Crippen LogP contribution is -2.17. The molecule has 0 spiro atoms. The van der Waals surface area contributed by atoms with Crippen molar-refractivity contribution in [3.8, 4) is 28.0 Å². The number of alkyl halides is 3. The van der Waals surface area contributed by atoms with E-state index in [0.29, 0.717) is 17.7 Å². The second kappa shape index (κ2) is 6.83. The number of ether oxygens (including phenoxy) is 1. The first kappa shape index (κ1) is 19.4. The molecule has 0 amide bonds. The van der Waals surface area contributed by atoms with Crippen molar-refractivity contribution in [1.29, 1.82) is 0 Å². The summed E-state index contributed by atoms with van der Waals surface area (Å²) < 4.78 is 84.4. The van der Waals surface area contributed by atoms with Crippen LogP contribution in [-0.4, -0.2) is 6.36 Å². The summed E-state index contributed by atoms with van der Waals surface area (Å²) >= 11 is 0. The quantitative estimate of drug-likeness (QED) is 0.339. The van der Waals surface area contributed by atoms with Gasteiger partial charge in [0.05, 0.1) is 5.56 Å². The van der Waals surface area contributed by atoms with E-state index in [1.165, 1.54) is 6.07 Å². The molecule has 29 heavy (non-hydrogen) atoms. The van der Waals surface area contributed by atoms with Crippen LogP contribution in [0.4, 0.5) is 26.3 Å². The molecule has 150 valence electrons. The zero-order chi connectivity index (χ0) is 20.9. The van der Waals surface area contributed by atoms with Crippen molar-refractivity contribution in [2.75, 3.05) is 0 Å². The van der Waals surface area contributed by atoms with Crippen LogP contribution in [0.3, 0.4) is 0 Å². The van der Waals surface area contributed by atoms with Gasteiger partial charge in [0.2, 0.25) is 0 Å². The molecule has 0 aromatic heterocycles. The Morgan fingerprint density at radius 3 is 2.31 bits per heavy atom. The predicted molar refractivity (Wildman–Crippen MR) is 96.1 cm³/mol. The Bertz CT molecular complexity index is 1120. The summed E-state index contributed by atoms with van der Waals surface area (Å²) in [7, 11) is 0. The first-order valence-corrected chi connectivity index (χ1v) is 8.86. The molecule has 3 aromatic carbocycles. The third-order valence-electron chi connectivity index (χ3n) is 5.00. The Kier molecular flexibility index (Phi) is 4.56. The molecule has 3 aromatic rings. The molecule has 1 aliphatic carbocycles. The van der Waals surface area contributed by atoms with Gasteiger partial charge in [-0.15, -0.1) is 13.2 Å². The number of halogens is 6. The molecule has 0 saturated carbocycles. The topological polar surface area (TPSA) is 9.23 Å². The van der Waals surface area contributed by atoms with E-state index >= 15 is 4.39 Å². The minimum atomic E-state index is -5.07. The number of hydrogen-bond acceptors (Lipinski definition) is 1. The molecule has 7 heteroatoms. The van der Waals surface area contributed by atoms with Gasteiger partial charge >= 0.3 is 6.36 Å². The normalized spacial score (nSPS) is 12.7. The fraction of sp³-hybridized carbons (Fsp3) is 0.182. The Morgan fingerprint density at radius 2 is 1.66 bits per heavy atom. The van der Waals surface area contributed by atoms with Crippen LogP contribution < -0.4 is 4.74 Å². The second-order valence-corrected chi connectivity index (χ2v) is 6.79. The molecule has 1 aliphatic rings. The lowest BCUT2D eigenvalue weighted by atomic mass is 9.97. The molecule has 0 fully saturated rings. The highest BCUT2D eigenvalue weighted by Gasteiger charge is 2.33. The van der Waals surface area contributed by atoms with Crippen molar-refractivity contribution >= 4 is 0 Å². The molecule has 0 radical (unpaired) electrons. The molecule has 0 saturated heterocycles. The van der Waals surface area contributed by atoms with Crippen LogP contribution in [0.5, 0.6) is 5.75 Å². The lowest BCUT2D eigenvalue weighted by molar-refractivity contribution is -0.275. The highest BCUT2D eigenvalue weighted by molar-refractivity contribution is 5.81. The van der Waals surface area contributed by atoms with Gasteiger partial charge in [-0.05, 0) is 52.4 Å². The summed E-state index contributed by atoms with van der Waals surface area (Å²) in [6, 6.07) is 9.17. The van der Waals surface area contributed by atoms with Crippen molar-refractivity contribution in [3.63, 3.8) is 0 Å². The molecule has 4 rings (SSSR count). The minimum Gasteiger partial charge on any atom is -0.403 e. The van der Waals surface area contributed by atoms with E-state index in [9.17, 15) is 22.0 Å². The van der Waals surface area contributed by atoms with Gasteiger partial charge in [0.25, 0.3) is 0 Å². The zero-order valence-electron chi connectivity index (χ0n) is 15.1. The van der Waals surface area contributed by atoms with E-state index in [-0.39, 0.29) is 17.5 Å². The van der Waals surface area contributed by atoms with E-state index in [4.69, 9.17) is 0 Å². The fourth-order valence-electron chi connectivity index (χ4n) is 3.67. The standard InChI is InChI=1S/C22H14F6O/c1-2-11-3-5-14-13(7-11)8-16-15(14)10-18(24)20(21(16)25)12-4-6-19(17(23)9-12)29-22(26,27)28/h3-7,9-10H,2,8H2,1H3. The van der Waals surface area contributed by atoms with E-state index in [1.54, 1.807) is 0 Å². The minimum absolute atomic E-state index is 0.208. The van der Waals surface area contributed by atoms with Crippen LogP contribution in [0.1, 0.15) is 23.6 Å². The second-order valence-electron chi connectivity index (χ2n) is 6.79. The van der Waals surface area contributed by atoms with Gasteiger partial charge < -0.3 is 4.74 Å². The van der Waals surface area contributed by atoms with Crippen LogP contribution in [0, 0.1) is 17.5 Å². The summed E-state index contributed by atoms with van der Waals surface area (Å²) in [5, 5.41) is 0. The Morgan fingerprint density at radius 1 is 0.897 bits per heavy atom. The summed E-state index contributed by atoms with van der Waals surface area (Å²) in [5.74, 6) is -4.20. The maximum atomic E-state index is 15.2. The summed E-state index contributed by atoms with van der Waals surface area (Å²) in [4.78, 5) is 0. The summed E-state index contributed by atoms with van der Waals surface area (Å²) in [6.45, 7) is 1.99. The smallest absolute Gasteiger partial charge is 0.403 e. The third kappa shape index (κ3) is 3.45. The first-order valence-electron chi connectivity index (χ1n) is 8.86. The molecular formula is C22H14F6O. The van der Waals surface area contributed by atoms with E-state index in [0.717, 1.165) is 29.2 Å².